The maximum Gasteiger partial charge on any atom is 0.0459 e. The Bertz CT molecular complexity index is 894. The van der Waals surface area contributed by atoms with E-state index in [4.69, 9.17) is 0 Å². The van der Waals surface area contributed by atoms with Gasteiger partial charge in [-0.1, -0.05) is 48.6 Å². The smallest absolute Gasteiger partial charge is 0.0459 e. The van der Waals surface area contributed by atoms with Crippen LogP contribution in [-0.2, 0) is 0 Å². The number of nitrogens with one attached hydrogen (secondary N) is 1. The third-order valence-corrected chi connectivity index (χ3v) is 4.48. The fraction of sp³-hybridized carbons (Fsp3) is 0.0833. The molecule has 1 aliphatic carbocycles. The second-order valence-electron chi connectivity index (χ2n) is 6.33. The standard InChI is InChI=1S/C24H22N2/c1-4-10-20(11-5-1)25-21-16-18-24(19-17-21)26(22-12-6-2-7-13-22)23-14-8-3-9-15-23/h1-8,10-14,16-19,25H,9,15H2. The molecule has 0 unspecified atom stereocenters. The molecule has 2 heteroatoms. The van der Waals surface area contributed by atoms with Crippen LogP contribution in [0.3, 0.4) is 0 Å². The molecule has 128 valence electrons. The van der Waals surface area contributed by atoms with Crippen molar-refractivity contribution < 1.29 is 0 Å². The Morgan fingerprint density at radius 1 is 0.654 bits per heavy atom. The van der Waals surface area contributed by atoms with Crippen LogP contribution in [0.5, 0.6) is 0 Å². The average Bonchev–Trinajstić information content (AvgIpc) is 2.72. The van der Waals surface area contributed by atoms with Gasteiger partial charge in [-0.2, -0.15) is 0 Å². The van der Waals surface area contributed by atoms with E-state index in [1.165, 1.54) is 17.1 Å². The Balaban J connectivity index is 1.63. The first-order valence-corrected chi connectivity index (χ1v) is 9.03. The summed E-state index contributed by atoms with van der Waals surface area (Å²) in [7, 11) is 0. The zero-order chi connectivity index (χ0) is 17.6. The molecule has 4 rings (SSSR count). The molecule has 0 bridgehead atoms. The fourth-order valence-electron chi connectivity index (χ4n) is 3.22. The Labute approximate surface area is 155 Å². The number of nitrogens with zero attached hydrogens (tertiary/aromatic N) is 1. The molecular weight excluding hydrogens is 316 g/mol. The van der Waals surface area contributed by atoms with Crippen molar-refractivity contribution >= 4 is 22.7 Å². The minimum absolute atomic E-state index is 1.05. The van der Waals surface area contributed by atoms with Gasteiger partial charge in [0.15, 0.2) is 0 Å². The van der Waals surface area contributed by atoms with E-state index in [9.17, 15) is 0 Å². The van der Waals surface area contributed by atoms with Gasteiger partial charge in [-0.3, -0.25) is 0 Å². The predicted octanol–water partition coefficient (Wildman–Crippen LogP) is 6.80. The van der Waals surface area contributed by atoms with Crippen molar-refractivity contribution in [3.8, 4) is 0 Å². The third-order valence-electron chi connectivity index (χ3n) is 4.48. The summed E-state index contributed by atoms with van der Waals surface area (Å²) in [5.41, 5.74) is 5.88. The molecule has 1 N–H and O–H groups in total. The minimum atomic E-state index is 1.05. The summed E-state index contributed by atoms with van der Waals surface area (Å²) in [6.07, 6.45) is 8.73. The summed E-state index contributed by atoms with van der Waals surface area (Å²) in [4.78, 5) is 2.34. The van der Waals surface area contributed by atoms with E-state index >= 15 is 0 Å². The van der Waals surface area contributed by atoms with Crippen molar-refractivity contribution in [2.24, 2.45) is 0 Å². The SMILES string of the molecule is C1=CCCC(N(c2ccccc2)c2ccc(Nc3ccccc3)cc2)=C1. The quantitative estimate of drug-likeness (QED) is 0.550. The van der Waals surface area contributed by atoms with E-state index in [-0.39, 0.29) is 0 Å². The molecule has 0 fully saturated rings. The van der Waals surface area contributed by atoms with Crippen LogP contribution in [0.2, 0.25) is 0 Å². The van der Waals surface area contributed by atoms with Gasteiger partial charge in [0.2, 0.25) is 0 Å². The molecule has 0 saturated heterocycles. The van der Waals surface area contributed by atoms with Crippen molar-refractivity contribution in [3.05, 3.63) is 109 Å². The van der Waals surface area contributed by atoms with E-state index in [0.717, 1.165) is 24.2 Å². The van der Waals surface area contributed by atoms with Gasteiger partial charge < -0.3 is 10.2 Å². The van der Waals surface area contributed by atoms with Gasteiger partial charge in [0, 0.05) is 28.4 Å². The number of allylic oxidation sites excluding steroid dienone is 4. The molecule has 0 saturated carbocycles. The molecule has 3 aromatic rings. The van der Waals surface area contributed by atoms with E-state index in [1.54, 1.807) is 0 Å². The van der Waals surface area contributed by atoms with E-state index in [2.05, 4.69) is 95.2 Å². The number of hydrogen-bond donors (Lipinski definition) is 1. The lowest BCUT2D eigenvalue weighted by molar-refractivity contribution is 0.918. The van der Waals surface area contributed by atoms with Crippen molar-refractivity contribution in [3.63, 3.8) is 0 Å². The highest BCUT2D eigenvalue weighted by Gasteiger charge is 2.15. The van der Waals surface area contributed by atoms with Crippen LogP contribution >= 0.6 is 0 Å². The zero-order valence-electron chi connectivity index (χ0n) is 14.7. The third kappa shape index (κ3) is 3.70. The first-order valence-electron chi connectivity index (χ1n) is 9.03. The lowest BCUT2D eigenvalue weighted by atomic mass is 10.1. The van der Waals surface area contributed by atoms with Crippen molar-refractivity contribution in [2.75, 3.05) is 10.2 Å². The highest BCUT2D eigenvalue weighted by atomic mass is 15.1. The van der Waals surface area contributed by atoms with Crippen LogP contribution in [-0.4, -0.2) is 0 Å². The summed E-state index contributed by atoms with van der Waals surface area (Å²) in [5.74, 6) is 0. The largest absolute Gasteiger partial charge is 0.356 e. The molecule has 0 heterocycles. The molecular formula is C24H22N2. The van der Waals surface area contributed by atoms with Gasteiger partial charge in [-0.05, 0) is 67.4 Å². The Kier molecular flexibility index (Phi) is 4.83. The van der Waals surface area contributed by atoms with Crippen molar-refractivity contribution in [1.29, 1.82) is 0 Å². The first-order chi connectivity index (χ1) is 12.9. The predicted molar refractivity (Wildman–Crippen MR) is 111 cm³/mol. The van der Waals surface area contributed by atoms with Gasteiger partial charge in [-0.25, -0.2) is 0 Å². The van der Waals surface area contributed by atoms with Crippen LogP contribution in [0.4, 0.5) is 22.7 Å². The van der Waals surface area contributed by atoms with Gasteiger partial charge in [0.05, 0.1) is 0 Å². The summed E-state index contributed by atoms with van der Waals surface area (Å²) >= 11 is 0. The second-order valence-corrected chi connectivity index (χ2v) is 6.33. The summed E-state index contributed by atoms with van der Waals surface area (Å²) in [6, 6.07) is 29.4. The number of rotatable bonds is 5. The molecule has 26 heavy (non-hydrogen) atoms. The Morgan fingerprint density at radius 2 is 1.27 bits per heavy atom. The Morgan fingerprint density at radius 3 is 1.92 bits per heavy atom. The lowest BCUT2D eigenvalue weighted by Gasteiger charge is -2.29. The van der Waals surface area contributed by atoms with Crippen LogP contribution < -0.4 is 10.2 Å². The number of anilines is 4. The number of benzene rings is 3. The first kappa shape index (κ1) is 16.2. The Hall–Kier alpha value is -3.26. The topological polar surface area (TPSA) is 15.3 Å². The summed E-state index contributed by atoms with van der Waals surface area (Å²) in [6.45, 7) is 0. The number of hydrogen-bond acceptors (Lipinski definition) is 2. The van der Waals surface area contributed by atoms with Crippen LogP contribution in [0.15, 0.2) is 109 Å². The van der Waals surface area contributed by atoms with Gasteiger partial charge in [-0.15, -0.1) is 0 Å². The van der Waals surface area contributed by atoms with Crippen LogP contribution in [0, 0.1) is 0 Å². The van der Waals surface area contributed by atoms with E-state index in [1.807, 2.05) is 18.2 Å². The van der Waals surface area contributed by atoms with Gasteiger partial charge in [0.1, 0.15) is 0 Å². The summed E-state index contributed by atoms with van der Waals surface area (Å²) < 4.78 is 0. The molecule has 0 amide bonds. The molecule has 3 aromatic carbocycles. The fourth-order valence-corrected chi connectivity index (χ4v) is 3.22. The minimum Gasteiger partial charge on any atom is -0.356 e. The zero-order valence-corrected chi connectivity index (χ0v) is 14.7. The van der Waals surface area contributed by atoms with Crippen LogP contribution in [0.1, 0.15) is 12.8 Å². The van der Waals surface area contributed by atoms with Gasteiger partial charge in [0.25, 0.3) is 0 Å². The van der Waals surface area contributed by atoms with E-state index < -0.39 is 0 Å². The second kappa shape index (κ2) is 7.75. The summed E-state index contributed by atoms with van der Waals surface area (Å²) in [5, 5.41) is 3.45. The molecule has 0 aromatic heterocycles. The molecule has 0 aliphatic heterocycles. The maximum absolute atomic E-state index is 3.45. The average molecular weight is 338 g/mol. The monoisotopic (exact) mass is 338 g/mol. The molecule has 0 atom stereocenters. The molecule has 0 radical (unpaired) electrons. The maximum atomic E-state index is 3.45. The van der Waals surface area contributed by atoms with Crippen molar-refractivity contribution in [1.82, 2.24) is 0 Å². The highest BCUT2D eigenvalue weighted by molar-refractivity contribution is 5.71. The van der Waals surface area contributed by atoms with E-state index in [0.29, 0.717) is 0 Å². The highest BCUT2D eigenvalue weighted by Crippen LogP contribution is 2.33. The molecule has 2 nitrogen and oxygen atoms in total. The number of para-hydroxylation sites is 2. The normalized spacial score (nSPS) is 13.2. The van der Waals surface area contributed by atoms with Crippen molar-refractivity contribution in [2.45, 2.75) is 12.8 Å². The van der Waals surface area contributed by atoms with Crippen LogP contribution in [0.25, 0.3) is 0 Å². The molecule has 1 aliphatic rings. The molecule has 0 spiro atoms. The lowest BCUT2D eigenvalue weighted by Crippen LogP contribution is -2.17. The van der Waals surface area contributed by atoms with Gasteiger partial charge >= 0.3 is 0 Å².